The summed E-state index contributed by atoms with van der Waals surface area (Å²) in [5.74, 6) is -4.62. The van der Waals surface area contributed by atoms with E-state index in [4.69, 9.17) is 10.4 Å². The van der Waals surface area contributed by atoms with Gasteiger partial charge in [-0.15, -0.1) is 5.06 Å². The highest BCUT2D eigenvalue weighted by Gasteiger charge is 2.35. The van der Waals surface area contributed by atoms with Gasteiger partial charge in [0.1, 0.15) is 12.6 Å². The summed E-state index contributed by atoms with van der Waals surface area (Å²) in [6.45, 7) is -0.333. The lowest BCUT2D eigenvalue weighted by Crippen LogP contribution is -2.46. The van der Waals surface area contributed by atoms with Crippen molar-refractivity contribution in [3.8, 4) is 0 Å². The Kier molecular flexibility index (Phi) is 9.71. The molecule has 1 unspecified atom stereocenters. The molecule has 34 heavy (non-hydrogen) atoms. The minimum absolute atomic E-state index is 0.0517. The molecule has 2 rings (SSSR count). The van der Waals surface area contributed by atoms with E-state index in [2.05, 4.69) is 20.7 Å². The minimum atomic E-state index is -1.23. The van der Waals surface area contributed by atoms with Crippen molar-refractivity contribution in [2.24, 2.45) is 5.11 Å². The fourth-order valence-electron chi connectivity index (χ4n) is 3.04. The molecule has 15 heteroatoms. The molecular formula is C19H23N7O8. The molecule has 0 aromatic rings. The van der Waals surface area contributed by atoms with Gasteiger partial charge in [-0.2, -0.15) is 0 Å². The number of hydrogen-bond acceptors (Lipinski definition) is 9. The highest BCUT2D eigenvalue weighted by molar-refractivity contribution is 6.13. The molecule has 182 valence electrons. The SMILES string of the molecule is [N-]=[N+]=NCC(=O)NCCCCC(NC(=O)CCN1C(=O)C=CC1=O)C(=O)ON1C(=O)CCC1=O. The predicted molar refractivity (Wildman–Crippen MR) is 110 cm³/mol. The molecular weight excluding hydrogens is 454 g/mol. The highest BCUT2D eigenvalue weighted by atomic mass is 16.7. The van der Waals surface area contributed by atoms with Gasteiger partial charge >= 0.3 is 5.97 Å². The number of carbonyl (C=O) groups is 7. The number of nitrogens with zero attached hydrogens (tertiary/aromatic N) is 5. The Morgan fingerprint density at radius 1 is 1.06 bits per heavy atom. The smallest absolute Gasteiger partial charge is 0.355 e. The van der Waals surface area contributed by atoms with E-state index in [0.29, 0.717) is 17.9 Å². The van der Waals surface area contributed by atoms with Crippen molar-refractivity contribution < 1.29 is 38.4 Å². The summed E-state index contributed by atoms with van der Waals surface area (Å²) in [6, 6.07) is -1.23. The quantitative estimate of drug-likeness (QED) is 0.110. The Labute approximate surface area is 193 Å². The molecule has 0 spiro atoms. The van der Waals surface area contributed by atoms with Crippen LogP contribution in [0.1, 0.15) is 38.5 Å². The van der Waals surface area contributed by atoms with Crippen molar-refractivity contribution in [2.75, 3.05) is 19.6 Å². The fourth-order valence-corrected chi connectivity index (χ4v) is 3.04. The number of imide groups is 2. The van der Waals surface area contributed by atoms with Crippen LogP contribution in [0.5, 0.6) is 0 Å². The van der Waals surface area contributed by atoms with Crippen LogP contribution in [0.4, 0.5) is 0 Å². The van der Waals surface area contributed by atoms with Crippen molar-refractivity contribution in [3.63, 3.8) is 0 Å². The Morgan fingerprint density at radius 2 is 1.71 bits per heavy atom. The van der Waals surface area contributed by atoms with Gasteiger partial charge in [0.25, 0.3) is 23.6 Å². The number of unbranched alkanes of at least 4 members (excludes halogenated alkanes) is 1. The van der Waals surface area contributed by atoms with Gasteiger partial charge in [0.2, 0.25) is 11.8 Å². The van der Waals surface area contributed by atoms with Gasteiger partial charge in [-0.25, -0.2) is 4.79 Å². The molecule has 15 nitrogen and oxygen atoms in total. The third-order valence-electron chi connectivity index (χ3n) is 4.79. The van der Waals surface area contributed by atoms with Crippen LogP contribution in [0, 0.1) is 0 Å². The predicted octanol–water partition coefficient (Wildman–Crippen LogP) is -1.01. The summed E-state index contributed by atoms with van der Waals surface area (Å²) in [7, 11) is 0. The van der Waals surface area contributed by atoms with Crippen molar-refractivity contribution >= 4 is 41.4 Å². The second-order valence-corrected chi connectivity index (χ2v) is 7.26. The monoisotopic (exact) mass is 477 g/mol. The molecule has 0 aromatic heterocycles. The number of azide groups is 1. The van der Waals surface area contributed by atoms with E-state index < -0.39 is 47.5 Å². The zero-order valence-corrected chi connectivity index (χ0v) is 18.1. The fraction of sp³-hybridized carbons (Fsp3) is 0.526. The summed E-state index contributed by atoms with van der Waals surface area (Å²) in [4.78, 5) is 91.1. The zero-order chi connectivity index (χ0) is 25.1. The maximum absolute atomic E-state index is 12.6. The summed E-state index contributed by atoms with van der Waals surface area (Å²) in [6.07, 6.45) is 2.47. The zero-order valence-electron chi connectivity index (χ0n) is 18.1. The number of carbonyl (C=O) groups excluding carboxylic acids is 7. The molecule has 0 saturated carbocycles. The Hall–Kier alpha value is -4.26. The van der Waals surface area contributed by atoms with Gasteiger partial charge < -0.3 is 15.5 Å². The molecule has 0 bridgehead atoms. The van der Waals surface area contributed by atoms with Gasteiger partial charge in [-0.1, -0.05) is 5.11 Å². The molecule has 1 fully saturated rings. The topological polar surface area (TPSA) is 208 Å². The minimum Gasteiger partial charge on any atom is -0.356 e. The Balaban J connectivity index is 1.88. The van der Waals surface area contributed by atoms with Crippen molar-refractivity contribution in [3.05, 3.63) is 22.6 Å². The molecule has 0 aromatic carbocycles. The molecule has 2 N–H and O–H groups in total. The first-order chi connectivity index (χ1) is 16.2. The lowest BCUT2D eigenvalue weighted by molar-refractivity contribution is -0.199. The number of hydroxylamine groups is 2. The highest BCUT2D eigenvalue weighted by Crippen LogP contribution is 2.14. The van der Waals surface area contributed by atoms with E-state index in [-0.39, 0.29) is 45.3 Å². The molecule has 2 aliphatic rings. The van der Waals surface area contributed by atoms with Gasteiger partial charge in [0, 0.05) is 49.4 Å². The molecule has 6 amide bonds. The lowest BCUT2D eigenvalue weighted by Gasteiger charge is -2.21. The van der Waals surface area contributed by atoms with E-state index in [1.807, 2.05) is 0 Å². The molecule has 1 atom stereocenters. The van der Waals surface area contributed by atoms with Gasteiger partial charge in [-0.05, 0) is 24.8 Å². The number of amides is 6. The normalized spacial score (nSPS) is 15.9. The average Bonchev–Trinajstić information content (AvgIpc) is 3.29. The maximum Gasteiger partial charge on any atom is 0.355 e. The van der Waals surface area contributed by atoms with Crippen LogP contribution in [-0.2, 0) is 38.4 Å². The van der Waals surface area contributed by atoms with Crippen LogP contribution in [-0.4, -0.2) is 77.1 Å². The van der Waals surface area contributed by atoms with Gasteiger partial charge in [-0.3, -0.25) is 33.7 Å². The average molecular weight is 477 g/mol. The third-order valence-corrected chi connectivity index (χ3v) is 4.79. The van der Waals surface area contributed by atoms with E-state index in [1.54, 1.807) is 0 Å². The summed E-state index contributed by atoms with van der Waals surface area (Å²) >= 11 is 0. The first kappa shape index (κ1) is 26.0. The van der Waals surface area contributed by atoms with E-state index in [0.717, 1.165) is 17.1 Å². The molecule has 0 radical (unpaired) electrons. The van der Waals surface area contributed by atoms with E-state index in [1.165, 1.54) is 0 Å². The van der Waals surface area contributed by atoms with Crippen LogP contribution >= 0.6 is 0 Å². The van der Waals surface area contributed by atoms with Crippen molar-refractivity contribution in [1.29, 1.82) is 0 Å². The van der Waals surface area contributed by atoms with Gasteiger partial charge in [0.15, 0.2) is 0 Å². The maximum atomic E-state index is 12.6. The summed E-state index contributed by atoms with van der Waals surface area (Å²) in [5, 5.41) is 8.43. The molecule has 2 heterocycles. The number of rotatable bonds is 13. The van der Waals surface area contributed by atoms with Crippen LogP contribution < -0.4 is 10.6 Å². The van der Waals surface area contributed by atoms with Crippen LogP contribution in [0.25, 0.3) is 10.4 Å². The lowest BCUT2D eigenvalue weighted by atomic mass is 10.1. The van der Waals surface area contributed by atoms with Crippen molar-refractivity contribution in [1.82, 2.24) is 20.6 Å². The molecule has 2 aliphatic heterocycles. The summed E-state index contributed by atoms with van der Waals surface area (Å²) in [5.41, 5.74) is 8.19. The number of nitrogens with one attached hydrogen (secondary N) is 2. The van der Waals surface area contributed by atoms with E-state index >= 15 is 0 Å². The van der Waals surface area contributed by atoms with Gasteiger partial charge in [0.05, 0.1) is 0 Å². The molecule has 0 aliphatic carbocycles. The van der Waals surface area contributed by atoms with Crippen LogP contribution in [0.15, 0.2) is 17.3 Å². The first-order valence-electron chi connectivity index (χ1n) is 10.4. The summed E-state index contributed by atoms with van der Waals surface area (Å²) < 4.78 is 0. The molecule has 1 saturated heterocycles. The Bertz CT molecular complexity index is 922. The Morgan fingerprint density at radius 3 is 2.32 bits per heavy atom. The third kappa shape index (κ3) is 7.70. The standard InChI is InChI=1S/C19H23N7O8/c20-24-22-11-14(28)21-9-2-1-3-12(19(33)34-26-17(31)6-7-18(26)32)23-13(27)8-10-25-15(29)4-5-16(25)30/h4-5,12H,1-3,6-11H2,(H,21,28)(H,23,27). The first-order valence-corrected chi connectivity index (χ1v) is 10.4. The second-order valence-electron chi connectivity index (χ2n) is 7.26. The van der Waals surface area contributed by atoms with Crippen LogP contribution in [0.2, 0.25) is 0 Å². The largest absolute Gasteiger partial charge is 0.356 e. The van der Waals surface area contributed by atoms with E-state index in [9.17, 15) is 33.6 Å². The number of hydrogen-bond donors (Lipinski definition) is 2. The second kappa shape index (κ2) is 12.7. The van der Waals surface area contributed by atoms with Crippen LogP contribution in [0.3, 0.4) is 0 Å². The van der Waals surface area contributed by atoms with Crippen molar-refractivity contribution in [2.45, 2.75) is 44.6 Å².